The lowest BCUT2D eigenvalue weighted by atomic mass is 10.2. The number of halogens is 1. The molecule has 0 bridgehead atoms. The van der Waals surface area contributed by atoms with Crippen molar-refractivity contribution in [2.24, 2.45) is 0 Å². The lowest BCUT2D eigenvalue weighted by molar-refractivity contribution is 0.171. The van der Waals surface area contributed by atoms with Gasteiger partial charge in [0.25, 0.3) is 0 Å². The van der Waals surface area contributed by atoms with E-state index in [1.165, 1.54) is 0 Å². The molecule has 0 aliphatic carbocycles. The third-order valence-corrected chi connectivity index (χ3v) is 3.07. The fourth-order valence-corrected chi connectivity index (χ4v) is 2.14. The minimum Gasteiger partial charge on any atom is -0.486 e. The summed E-state index contributed by atoms with van der Waals surface area (Å²) in [5.74, 6) is 2.45. The lowest BCUT2D eigenvalue weighted by Gasteiger charge is -2.18. The molecule has 1 N–H and O–H groups in total. The zero-order valence-corrected chi connectivity index (χ0v) is 11.1. The highest BCUT2D eigenvalue weighted by molar-refractivity contribution is 6.28. The third-order valence-electron chi connectivity index (χ3n) is 2.86. The number of nitrogens with one attached hydrogen (secondary N) is 1. The van der Waals surface area contributed by atoms with Gasteiger partial charge in [-0.15, -0.1) is 0 Å². The second-order valence-electron chi connectivity index (χ2n) is 4.29. The van der Waals surface area contributed by atoms with E-state index >= 15 is 0 Å². The summed E-state index contributed by atoms with van der Waals surface area (Å²) in [4.78, 5) is 0. The summed E-state index contributed by atoms with van der Waals surface area (Å²) in [5, 5.41) is 3.70. The predicted molar refractivity (Wildman–Crippen MR) is 71.7 cm³/mol. The molecule has 19 heavy (non-hydrogen) atoms. The molecular formula is C14H14ClNO3. The van der Waals surface area contributed by atoms with E-state index in [1.54, 1.807) is 6.07 Å². The Kier molecular flexibility index (Phi) is 3.62. The van der Waals surface area contributed by atoms with Gasteiger partial charge < -0.3 is 19.2 Å². The van der Waals surface area contributed by atoms with Gasteiger partial charge >= 0.3 is 0 Å². The maximum atomic E-state index is 5.71. The molecule has 1 aliphatic rings. The molecule has 3 rings (SSSR count). The smallest absolute Gasteiger partial charge is 0.193 e. The molecule has 2 heterocycles. The average molecular weight is 280 g/mol. The fraction of sp³-hybridized carbons (Fsp3) is 0.286. The number of hydrogen-bond donors (Lipinski definition) is 1. The molecule has 0 spiro atoms. The Balaban J connectivity index is 1.58. The summed E-state index contributed by atoms with van der Waals surface area (Å²) in [5.41, 5.74) is 1.14. The molecule has 1 aromatic carbocycles. The van der Waals surface area contributed by atoms with Gasteiger partial charge in [0.1, 0.15) is 19.0 Å². The zero-order chi connectivity index (χ0) is 13.1. The van der Waals surface area contributed by atoms with Crippen LogP contribution < -0.4 is 14.8 Å². The van der Waals surface area contributed by atoms with E-state index < -0.39 is 0 Å². The van der Waals surface area contributed by atoms with Crippen molar-refractivity contribution in [2.45, 2.75) is 13.1 Å². The topological polar surface area (TPSA) is 43.6 Å². The van der Waals surface area contributed by atoms with Crippen LogP contribution >= 0.6 is 11.6 Å². The maximum absolute atomic E-state index is 5.71. The lowest BCUT2D eigenvalue weighted by Crippen LogP contribution is -2.16. The Morgan fingerprint density at radius 3 is 2.63 bits per heavy atom. The number of ether oxygens (including phenoxy) is 2. The zero-order valence-electron chi connectivity index (χ0n) is 10.3. The molecule has 5 heteroatoms. The van der Waals surface area contributed by atoms with E-state index in [1.807, 2.05) is 24.3 Å². The van der Waals surface area contributed by atoms with Crippen molar-refractivity contribution in [3.63, 3.8) is 0 Å². The first-order chi connectivity index (χ1) is 9.31. The molecule has 0 saturated heterocycles. The summed E-state index contributed by atoms with van der Waals surface area (Å²) < 4.78 is 16.3. The van der Waals surface area contributed by atoms with Gasteiger partial charge in [0.15, 0.2) is 16.7 Å². The van der Waals surface area contributed by atoms with E-state index in [2.05, 4.69) is 5.32 Å². The molecule has 2 aromatic rings. The minimum absolute atomic E-state index is 0.413. The van der Waals surface area contributed by atoms with Crippen LogP contribution in [0.5, 0.6) is 11.5 Å². The number of furan rings is 1. The summed E-state index contributed by atoms with van der Waals surface area (Å²) in [7, 11) is 0. The van der Waals surface area contributed by atoms with Gasteiger partial charge in [-0.1, -0.05) is 6.07 Å². The second kappa shape index (κ2) is 5.55. The standard InChI is InChI=1S/C14H14ClNO3/c15-14-4-2-11(19-14)9-16-8-10-1-3-12-13(7-10)18-6-5-17-12/h1-4,7,16H,5-6,8-9H2. The van der Waals surface area contributed by atoms with Crippen LogP contribution in [0.15, 0.2) is 34.7 Å². The molecule has 0 atom stereocenters. The van der Waals surface area contributed by atoms with Gasteiger partial charge in [-0.05, 0) is 41.4 Å². The van der Waals surface area contributed by atoms with Crippen LogP contribution in [0.2, 0.25) is 5.22 Å². The third kappa shape index (κ3) is 3.03. The molecule has 0 radical (unpaired) electrons. The number of hydrogen-bond acceptors (Lipinski definition) is 4. The molecule has 0 fully saturated rings. The van der Waals surface area contributed by atoms with Crippen molar-refractivity contribution in [1.29, 1.82) is 0 Å². The summed E-state index contributed by atoms with van der Waals surface area (Å²) in [6.45, 7) is 2.59. The first-order valence-electron chi connectivity index (χ1n) is 6.15. The molecule has 1 aliphatic heterocycles. The van der Waals surface area contributed by atoms with Crippen LogP contribution in [-0.2, 0) is 13.1 Å². The molecular weight excluding hydrogens is 266 g/mol. The van der Waals surface area contributed by atoms with Crippen LogP contribution in [0.3, 0.4) is 0 Å². The highest BCUT2D eigenvalue weighted by Crippen LogP contribution is 2.30. The Morgan fingerprint density at radius 2 is 1.84 bits per heavy atom. The largest absolute Gasteiger partial charge is 0.486 e. The van der Waals surface area contributed by atoms with E-state index in [-0.39, 0.29) is 0 Å². The van der Waals surface area contributed by atoms with Gasteiger partial charge in [-0.3, -0.25) is 0 Å². The second-order valence-corrected chi connectivity index (χ2v) is 4.66. The van der Waals surface area contributed by atoms with E-state index in [0.717, 1.165) is 29.4 Å². The van der Waals surface area contributed by atoms with Gasteiger partial charge in [0.2, 0.25) is 0 Å². The quantitative estimate of drug-likeness (QED) is 0.934. The molecule has 4 nitrogen and oxygen atoms in total. The summed E-state index contributed by atoms with van der Waals surface area (Å²) in [6, 6.07) is 9.56. The Hall–Kier alpha value is -1.65. The molecule has 1 aromatic heterocycles. The van der Waals surface area contributed by atoms with Gasteiger partial charge in [-0.25, -0.2) is 0 Å². The van der Waals surface area contributed by atoms with Crippen LogP contribution in [-0.4, -0.2) is 13.2 Å². The van der Waals surface area contributed by atoms with E-state index in [0.29, 0.717) is 25.0 Å². The van der Waals surface area contributed by atoms with E-state index in [9.17, 15) is 0 Å². The summed E-state index contributed by atoms with van der Waals surface area (Å²) >= 11 is 5.71. The van der Waals surface area contributed by atoms with Crippen LogP contribution in [0.4, 0.5) is 0 Å². The van der Waals surface area contributed by atoms with Crippen LogP contribution in [0.25, 0.3) is 0 Å². The van der Waals surface area contributed by atoms with Crippen molar-refractivity contribution in [2.75, 3.05) is 13.2 Å². The van der Waals surface area contributed by atoms with Crippen molar-refractivity contribution < 1.29 is 13.9 Å². The first kappa shape index (κ1) is 12.4. The highest BCUT2D eigenvalue weighted by atomic mass is 35.5. The fourth-order valence-electron chi connectivity index (χ4n) is 1.97. The first-order valence-corrected chi connectivity index (χ1v) is 6.52. The average Bonchev–Trinajstić information content (AvgIpc) is 2.84. The van der Waals surface area contributed by atoms with Crippen molar-refractivity contribution in [3.8, 4) is 11.5 Å². The van der Waals surface area contributed by atoms with Gasteiger partial charge in [0.05, 0.1) is 6.54 Å². The van der Waals surface area contributed by atoms with Gasteiger partial charge in [-0.2, -0.15) is 0 Å². The Morgan fingerprint density at radius 1 is 1.00 bits per heavy atom. The number of rotatable bonds is 4. The molecule has 100 valence electrons. The SMILES string of the molecule is Clc1ccc(CNCc2ccc3c(c2)OCCO3)o1. The van der Waals surface area contributed by atoms with Crippen molar-refractivity contribution in [1.82, 2.24) is 5.32 Å². The van der Waals surface area contributed by atoms with Crippen molar-refractivity contribution in [3.05, 3.63) is 46.9 Å². The Labute approximate surface area is 116 Å². The Bertz CT molecular complexity index is 568. The normalized spacial score (nSPS) is 13.5. The van der Waals surface area contributed by atoms with E-state index in [4.69, 9.17) is 25.5 Å². The minimum atomic E-state index is 0.413. The predicted octanol–water partition coefficient (Wildman–Crippen LogP) is 2.99. The van der Waals surface area contributed by atoms with Crippen LogP contribution in [0, 0.1) is 0 Å². The molecule has 0 unspecified atom stereocenters. The molecule has 0 amide bonds. The monoisotopic (exact) mass is 279 g/mol. The molecule has 0 saturated carbocycles. The van der Waals surface area contributed by atoms with Gasteiger partial charge in [0, 0.05) is 6.54 Å². The number of fused-ring (bicyclic) bond motifs is 1. The van der Waals surface area contributed by atoms with Crippen LogP contribution in [0.1, 0.15) is 11.3 Å². The summed E-state index contributed by atoms with van der Waals surface area (Å²) in [6.07, 6.45) is 0. The number of benzene rings is 1. The highest BCUT2D eigenvalue weighted by Gasteiger charge is 2.11. The van der Waals surface area contributed by atoms with Crippen molar-refractivity contribution >= 4 is 11.6 Å². The maximum Gasteiger partial charge on any atom is 0.193 e.